The Morgan fingerprint density at radius 1 is 1.42 bits per heavy atom. The summed E-state index contributed by atoms with van der Waals surface area (Å²) in [6.07, 6.45) is 0.790. The second-order valence-electron chi connectivity index (χ2n) is 5.51. The van der Waals surface area contributed by atoms with Crippen LogP contribution in [0.2, 0.25) is 0 Å². The van der Waals surface area contributed by atoms with Crippen molar-refractivity contribution in [2.75, 3.05) is 13.1 Å². The lowest BCUT2D eigenvalue weighted by Gasteiger charge is -2.19. The molecule has 2 rings (SSSR count). The van der Waals surface area contributed by atoms with E-state index in [9.17, 15) is 12.8 Å². The van der Waals surface area contributed by atoms with Crippen molar-refractivity contribution in [1.82, 2.24) is 4.31 Å². The molecule has 0 spiro atoms. The molecule has 0 aromatic heterocycles. The topological polar surface area (TPSA) is 61.2 Å². The molecule has 1 aliphatic heterocycles. The van der Waals surface area contributed by atoms with E-state index in [4.69, 9.17) is 5.26 Å². The maximum atomic E-state index is 13.2. The van der Waals surface area contributed by atoms with Crippen LogP contribution in [0, 0.1) is 22.6 Å². The van der Waals surface area contributed by atoms with Gasteiger partial charge in [0, 0.05) is 13.1 Å². The van der Waals surface area contributed by atoms with Gasteiger partial charge in [0.05, 0.1) is 10.5 Å². The van der Waals surface area contributed by atoms with Crippen molar-refractivity contribution in [2.24, 2.45) is 5.41 Å². The first kappa shape index (κ1) is 14.0. The highest BCUT2D eigenvalue weighted by Gasteiger charge is 2.36. The Balaban J connectivity index is 2.39. The third-order valence-electron chi connectivity index (χ3n) is 3.34. The first-order valence-electron chi connectivity index (χ1n) is 5.96. The van der Waals surface area contributed by atoms with Crippen LogP contribution in [-0.2, 0) is 10.0 Å². The third kappa shape index (κ3) is 2.62. The first-order valence-corrected chi connectivity index (χ1v) is 7.40. The van der Waals surface area contributed by atoms with Crippen molar-refractivity contribution < 1.29 is 12.8 Å². The average Bonchev–Trinajstić information content (AvgIpc) is 2.70. The fourth-order valence-corrected chi connectivity index (χ4v) is 3.82. The summed E-state index contributed by atoms with van der Waals surface area (Å²) in [5.41, 5.74) is -0.301. The Morgan fingerprint density at radius 2 is 2.11 bits per heavy atom. The largest absolute Gasteiger partial charge is 0.243 e. The van der Waals surface area contributed by atoms with E-state index in [-0.39, 0.29) is 15.9 Å². The molecule has 4 nitrogen and oxygen atoms in total. The predicted octanol–water partition coefficient (Wildman–Crippen LogP) is 2.12. The normalized spacial score (nSPS) is 19.3. The van der Waals surface area contributed by atoms with Gasteiger partial charge in [-0.15, -0.1) is 0 Å². The molecule has 6 heteroatoms. The van der Waals surface area contributed by atoms with Crippen molar-refractivity contribution in [3.8, 4) is 6.07 Å². The minimum atomic E-state index is -3.64. The van der Waals surface area contributed by atoms with Crippen LogP contribution in [0.5, 0.6) is 0 Å². The van der Waals surface area contributed by atoms with E-state index in [1.165, 1.54) is 10.4 Å². The van der Waals surface area contributed by atoms with Crippen molar-refractivity contribution in [3.05, 3.63) is 29.6 Å². The molecule has 1 aromatic rings. The fraction of sp³-hybridized carbons (Fsp3) is 0.462. The van der Waals surface area contributed by atoms with Gasteiger partial charge in [0.1, 0.15) is 11.9 Å². The number of rotatable bonds is 2. The standard InChI is InChI=1S/C13H15FN2O2S/c1-13(2)5-6-16(9-13)19(17,18)11-3-4-12(14)10(7-11)8-15/h3-4,7H,5-6,9H2,1-2H3. The Bertz CT molecular complexity index is 647. The number of benzene rings is 1. The van der Waals surface area contributed by atoms with E-state index in [1.807, 2.05) is 13.8 Å². The molecule has 0 saturated carbocycles. The molecule has 1 aliphatic rings. The smallest absolute Gasteiger partial charge is 0.207 e. The van der Waals surface area contributed by atoms with Gasteiger partial charge in [0.25, 0.3) is 0 Å². The van der Waals surface area contributed by atoms with E-state index in [1.54, 1.807) is 6.07 Å². The number of nitriles is 1. The van der Waals surface area contributed by atoms with Gasteiger partial charge in [-0.1, -0.05) is 13.8 Å². The first-order chi connectivity index (χ1) is 8.76. The molecular weight excluding hydrogens is 267 g/mol. The highest BCUT2D eigenvalue weighted by atomic mass is 32.2. The summed E-state index contributed by atoms with van der Waals surface area (Å²) >= 11 is 0. The summed E-state index contributed by atoms with van der Waals surface area (Å²) in [6, 6.07) is 4.98. The van der Waals surface area contributed by atoms with Gasteiger partial charge in [-0.05, 0) is 30.0 Å². The summed E-state index contributed by atoms with van der Waals surface area (Å²) in [4.78, 5) is -0.0249. The summed E-state index contributed by atoms with van der Waals surface area (Å²) in [5.74, 6) is -0.705. The molecular formula is C13H15FN2O2S. The van der Waals surface area contributed by atoms with E-state index >= 15 is 0 Å². The van der Waals surface area contributed by atoms with E-state index in [0.29, 0.717) is 13.1 Å². The Labute approximate surface area is 112 Å². The van der Waals surface area contributed by atoms with Crippen LogP contribution in [0.3, 0.4) is 0 Å². The number of nitrogens with zero attached hydrogens (tertiary/aromatic N) is 2. The summed E-state index contributed by atoms with van der Waals surface area (Å²) in [6.45, 7) is 4.91. The van der Waals surface area contributed by atoms with E-state index in [0.717, 1.165) is 18.6 Å². The van der Waals surface area contributed by atoms with Gasteiger partial charge < -0.3 is 0 Å². The number of hydrogen-bond donors (Lipinski definition) is 0. The lowest BCUT2D eigenvalue weighted by atomic mass is 9.93. The minimum absolute atomic E-state index is 0.0249. The average molecular weight is 282 g/mol. The van der Waals surface area contributed by atoms with Gasteiger partial charge in [0.15, 0.2) is 0 Å². The van der Waals surface area contributed by atoms with Crippen molar-refractivity contribution in [3.63, 3.8) is 0 Å². The van der Waals surface area contributed by atoms with Crippen LogP contribution in [0.4, 0.5) is 4.39 Å². The molecule has 0 amide bonds. The molecule has 0 unspecified atom stereocenters. The monoisotopic (exact) mass is 282 g/mol. The van der Waals surface area contributed by atoms with E-state index < -0.39 is 15.8 Å². The molecule has 0 atom stereocenters. The van der Waals surface area contributed by atoms with Crippen molar-refractivity contribution >= 4 is 10.0 Å². The summed E-state index contributed by atoms with van der Waals surface area (Å²) in [5, 5.41) is 8.76. The van der Waals surface area contributed by atoms with Crippen LogP contribution in [0.15, 0.2) is 23.1 Å². The van der Waals surface area contributed by atoms with Gasteiger partial charge in [-0.25, -0.2) is 12.8 Å². The lowest BCUT2D eigenvalue weighted by molar-refractivity contribution is 0.375. The SMILES string of the molecule is CC1(C)CCN(S(=O)(=O)c2ccc(F)c(C#N)c2)C1. The molecule has 1 aromatic carbocycles. The van der Waals surface area contributed by atoms with Crippen LogP contribution >= 0.6 is 0 Å². The highest BCUT2D eigenvalue weighted by Crippen LogP contribution is 2.32. The number of sulfonamides is 1. The van der Waals surface area contributed by atoms with Crippen LogP contribution in [0.25, 0.3) is 0 Å². The Morgan fingerprint density at radius 3 is 2.63 bits per heavy atom. The Kier molecular flexibility index (Phi) is 3.37. The van der Waals surface area contributed by atoms with Gasteiger partial charge in [-0.2, -0.15) is 9.57 Å². The molecule has 1 heterocycles. The van der Waals surface area contributed by atoms with Crippen LogP contribution in [-0.4, -0.2) is 25.8 Å². The van der Waals surface area contributed by atoms with Crippen molar-refractivity contribution in [2.45, 2.75) is 25.2 Å². The molecule has 19 heavy (non-hydrogen) atoms. The van der Waals surface area contributed by atoms with Gasteiger partial charge in [0.2, 0.25) is 10.0 Å². The quantitative estimate of drug-likeness (QED) is 0.834. The minimum Gasteiger partial charge on any atom is -0.207 e. The fourth-order valence-electron chi connectivity index (χ4n) is 2.17. The molecule has 0 radical (unpaired) electrons. The molecule has 1 fully saturated rings. The number of halogens is 1. The molecule has 0 N–H and O–H groups in total. The van der Waals surface area contributed by atoms with Gasteiger partial charge in [-0.3, -0.25) is 0 Å². The van der Waals surface area contributed by atoms with E-state index in [2.05, 4.69) is 0 Å². The molecule has 0 aliphatic carbocycles. The zero-order valence-electron chi connectivity index (χ0n) is 10.9. The molecule has 1 saturated heterocycles. The Hall–Kier alpha value is -1.45. The molecule has 102 valence electrons. The zero-order valence-corrected chi connectivity index (χ0v) is 11.7. The summed E-state index contributed by atoms with van der Waals surface area (Å²) < 4.78 is 39.4. The lowest BCUT2D eigenvalue weighted by Crippen LogP contribution is -2.30. The second kappa shape index (κ2) is 4.58. The highest BCUT2D eigenvalue weighted by molar-refractivity contribution is 7.89. The molecule has 0 bridgehead atoms. The zero-order chi connectivity index (χ0) is 14.3. The van der Waals surface area contributed by atoms with Crippen LogP contribution < -0.4 is 0 Å². The number of hydrogen-bond acceptors (Lipinski definition) is 3. The predicted molar refractivity (Wildman–Crippen MR) is 68.3 cm³/mol. The second-order valence-corrected chi connectivity index (χ2v) is 7.44. The van der Waals surface area contributed by atoms with Crippen LogP contribution in [0.1, 0.15) is 25.8 Å². The van der Waals surface area contributed by atoms with Crippen molar-refractivity contribution in [1.29, 1.82) is 5.26 Å². The third-order valence-corrected chi connectivity index (χ3v) is 5.18. The van der Waals surface area contributed by atoms with Gasteiger partial charge >= 0.3 is 0 Å². The summed E-state index contributed by atoms with van der Waals surface area (Å²) in [7, 11) is -3.64. The maximum Gasteiger partial charge on any atom is 0.243 e. The maximum absolute atomic E-state index is 13.2.